The van der Waals surface area contributed by atoms with Crippen molar-refractivity contribution in [3.8, 4) is 0 Å². The van der Waals surface area contributed by atoms with E-state index in [1.54, 1.807) is 0 Å². The van der Waals surface area contributed by atoms with E-state index in [0.29, 0.717) is 5.65 Å². The van der Waals surface area contributed by atoms with E-state index in [1.807, 2.05) is 37.3 Å². The molecule has 1 N–H and O–H groups in total. The molecule has 26 heavy (non-hydrogen) atoms. The van der Waals surface area contributed by atoms with Gasteiger partial charge in [-0.25, -0.2) is 0 Å². The smallest absolute Gasteiger partial charge is 0.349 e. The van der Waals surface area contributed by atoms with Crippen molar-refractivity contribution in [3.05, 3.63) is 59.8 Å². The van der Waals surface area contributed by atoms with Gasteiger partial charge in [0.2, 0.25) is 5.91 Å². The van der Waals surface area contributed by atoms with Crippen molar-refractivity contribution in [3.63, 3.8) is 0 Å². The number of hydrogen-bond acceptors (Lipinski definition) is 4. The van der Waals surface area contributed by atoms with Crippen molar-refractivity contribution >= 4 is 23.3 Å². The molecule has 0 saturated heterocycles. The topological polar surface area (TPSA) is 59.3 Å². The predicted octanol–water partition coefficient (Wildman–Crippen LogP) is 3.72. The molecule has 1 atom stereocenters. The lowest BCUT2D eigenvalue weighted by atomic mass is 10.1. The molecule has 0 radical (unpaired) electrons. The predicted molar refractivity (Wildman–Crippen MR) is 91.7 cm³/mol. The van der Waals surface area contributed by atoms with Crippen molar-refractivity contribution in [2.45, 2.75) is 24.3 Å². The minimum absolute atomic E-state index is 0.0220. The number of carbonyl (C=O) groups excluding carboxylic acids is 1. The first-order valence-electron chi connectivity index (χ1n) is 7.73. The van der Waals surface area contributed by atoms with Crippen molar-refractivity contribution < 1.29 is 18.0 Å². The maximum absolute atomic E-state index is 12.8. The second kappa shape index (κ2) is 7.36. The highest BCUT2D eigenvalue weighted by Gasteiger charge is 2.31. The Morgan fingerprint density at radius 1 is 1.19 bits per heavy atom. The highest BCUT2D eigenvalue weighted by molar-refractivity contribution is 7.99. The lowest BCUT2D eigenvalue weighted by Crippen LogP contribution is -2.28. The Kier molecular flexibility index (Phi) is 5.17. The van der Waals surface area contributed by atoms with E-state index >= 15 is 0 Å². The van der Waals surface area contributed by atoms with Gasteiger partial charge in [-0.05, 0) is 24.6 Å². The summed E-state index contributed by atoms with van der Waals surface area (Å²) in [5, 5.41) is 10.8. The van der Waals surface area contributed by atoms with E-state index in [-0.39, 0.29) is 22.9 Å². The van der Waals surface area contributed by atoms with Crippen LogP contribution in [-0.4, -0.2) is 26.3 Å². The number of halogens is 3. The third-order valence-electron chi connectivity index (χ3n) is 3.71. The summed E-state index contributed by atoms with van der Waals surface area (Å²) in [6, 6.07) is 11.5. The van der Waals surface area contributed by atoms with Gasteiger partial charge in [0.05, 0.1) is 17.4 Å². The second-order valence-electron chi connectivity index (χ2n) is 5.61. The van der Waals surface area contributed by atoms with Gasteiger partial charge < -0.3 is 5.32 Å². The van der Waals surface area contributed by atoms with Gasteiger partial charge in [0.25, 0.3) is 0 Å². The minimum atomic E-state index is -4.46. The van der Waals surface area contributed by atoms with Gasteiger partial charge in [-0.15, -0.1) is 10.2 Å². The average molecular weight is 380 g/mol. The van der Waals surface area contributed by atoms with Crippen molar-refractivity contribution in [2.75, 3.05) is 5.75 Å². The SMILES string of the molecule is CC(NC(=O)CSc1nnc2ccc(C(F)(F)F)cn12)c1ccccc1. The normalized spacial score (nSPS) is 12.9. The van der Waals surface area contributed by atoms with Crippen LogP contribution in [0.3, 0.4) is 0 Å². The molecule has 0 saturated carbocycles. The van der Waals surface area contributed by atoms with E-state index in [9.17, 15) is 18.0 Å². The Bertz CT molecular complexity index is 911. The first kappa shape index (κ1) is 18.2. The van der Waals surface area contributed by atoms with Gasteiger partial charge in [-0.2, -0.15) is 13.2 Å². The van der Waals surface area contributed by atoms with Crippen LogP contribution < -0.4 is 5.32 Å². The van der Waals surface area contributed by atoms with Gasteiger partial charge in [0.1, 0.15) is 0 Å². The molecule has 136 valence electrons. The van der Waals surface area contributed by atoms with Crippen LogP contribution in [0.4, 0.5) is 13.2 Å². The first-order chi connectivity index (χ1) is 12.3. The van der Waals surface area contributed by atoms with E-state index in [0.717, 1.165) is 29.6 Å². The zero-order chi connectivity index (χ0) is 18.7. The molecule has 0 aliphatic carbocycles. The fourth-order valence-corrected chi connectivity index (χ4v) is 3.10. The number of aromatic nitrogens is 3. The van der Waals surface area contributed by atoms with E-state index in [4.69, 9.17) is 0 Å². The molecule has 2 heterocycles. The van der Waals surface area contributed by atoms with Crippen LogP contribution in [0.1, 0.15) is 24.1 Å². The molecule has 5 nitrogen and oxygen atoms in total. The number of alkyl halides is 3. The van der Waals surface area contributed by atoms with Crippen LogP contribution in [0.15, 0.2) is 53.8 Å². The van der Waals surface area contributed by atoms with Gasteiger partial charge in [0.15, 0.2) is 10.8 Å². The molecular weight excluding hydrogens is 365 g/mol. The number of nitrogens with zero attached hydrogens (tertiary/aromatic N) is 3. The molecule has 3 aromatic rings. The van der Waals surface area contributed by atoms with Gasteiger partial charge in [-0.3, -0.25) is 9.20 Å². The summed E-state index contributed by atoms with van der Waals surface area (Å²) in [4.78, 5) is 12.1. The molecule has 1 amide bonds. The molecule has 1 unspecified atom stereocenters. The molecular formula is C17H15F3N4OS. The maximum Gasteiger partial charge on any atom is 0.417 e. The Morgan fingerprint density at radius 3 is 2.62 bits per heavy atom. The molecule has 0 bridgehead atoms. The van der Waals surface area contributed by atoms with Crippen LogP contribution >= 0.6 is 11.8 Å². The highest BCUT2D eigenvalue weighted by atomic mass is 32.2. The number of benzene rings is 1. The fourth-order valence-electron chi connectivity index (χ4n) is 2.37. The standard InChI is InChI=1S/C17H15F3N4OS/c1-11(12-5-3-2-4-6-12)21-15(25)10-26-16-23-22-14-8-7-13(9-24(14)16)17(18,19)20/h2-9,11H,10H2,1H3,(H,21,25). The van der Waals surface area contributed by atoms with Crippen LogP contribution in [0.2, 0.25) is 0 Å². The van der Waals surface area contributed by atoms with E-state index < -0.39 is 11.7 Å². The number of nitrogens with one attached hydrogen (secondary N) is 1. The average Bonchev–Trinajstić information content (AvgIpc) is 3.02. The van der Waals surface area contributed by atoms with Crippen molar-refractivity contribution in [1.82, 2.24) is 19.9 Å². The summed E-state index contributed by atoms with van der Waals surface area (Å²) in [6.07, 6.45) is -3.52. The van der Waals surface area contributed by atoms with Crippen molar-refractivity contribution in [2.24, 2.45) is 0 Å². The third-order valence-corrected chi connectivity index (χ3v) is 4.65. The Balaban J connectivity index is 1.66. The van der Waals surface area contributed by atoms with Gasteiger partial charge in [-0.1, -0.05) is 42.1 Å². The summed E-state index contributed by atoms with van der Waals surface area (Å²) in [5.41, 5.74) is 0.459. The molecule has 0 fully saturated rings. The number of hydrogen-bond donors (Lipinski definition) is 1. The number of carbonyl (C=O) groups is 1. The number of amides is 1. The number of fused-ring (bicyclic) bond motifs is 1. The first-order valence-corrected chi connectivity index (χ1v) is 8.72. The summed E-state index contributed by atoms with van der Waals surface area (Å²) in [7, 11) is 0. The largest absolute Gasteiger partial charge is 0.417 e. The monoisotopic (exact) mass is 380 g/mol. The van der Waals surface area contributed by atoms with Crippen LogP contribution in [0.5, 0.6) is 0 Å². The van der Waals surface area contributed by atoms with Gasteiger partial charge >= 0.3 is 6.18 Å². The molecule has 0 spiro atoms. The zero-order valence-electron chi connectivity index (χ0n) is 13.7. The quantitative estimate of drug-likeness (QED) is 0.686. The van der Waals surface area contributed by atoms with Gasteiger partial charge in [0, 0.05) is 6.20 Å². The lowest BCUT2D eigenvalue weighted by molar-refractivity contribution is -0.137. The Hall–Kier alpha value is -2.55. The summed E-state index contributed by atoms with van der Waals surface area (Å²) < 4.78 is 39.8. The Labute approximate surface area is 151 Å². The van der Waals surface area contributed by atoms with Crippen LogP contribution in [0.25, 0.3) is 5.65 Å². The number of thioether (sulfide) groups is 1. The molecule has 0 aliphatic rings. The highest BCUT2D eigenvalue weighted by Crippen LogP contribution is 2.30. The molecule has 9 heteroatoms. The van der Waals surface area contributed by atoms with Crippen molar-refractivity contribution in [1.29, 1.82) is 0 Å². The number of rotatable bonds is 5. The van der Waals surface area contributed by atoms with Crippen LogP contribution in [-0.2, 0) is 11.0 Å². The summed E-state index contributed by atoms with van der Waals surface area (Å²) in [5.74, 6) is -0.219. The Morgan fingerprint density at radius 2 is 1.92 bits per heavy atom. The van der Waals surface area contributed by atoms with E-state index in [2.05, 4.69) is 15.5 Å². The van der Waals surface area contributed by atoms with E-state index in [1.165, 1.54) is 10.5 Å². The van der Waals surface area contributed by atoms with Crippen LogP contribution in [0, 0.1) is 0 Å². The minimum Gasteiger partial charge on any atom is -0.349 e. The second-order valence-corrected chi connectivity index (χ2v) is 6.56. The number of pyridine rings is 1. The maximum atomic E-state index is 12.8. The third kappa shape index (κ3) is 4.16. The fraction of sp³-hybridized carbons (Fsp3) is 0.235. The lowest BCUT2D eigenvalue weighted by Gasteiger charge is -2.13. The molecule has 2 aromatic heterocycles. The molecule has 0 aliphatic heterocycles. The summed E-state index contributed by atoms with van der Waals surface area (Å²) in [6.45, 7) is 1.86. The summed E-state index contributed by atoms with van der Waals surface area (Å²) >= 11 is 1.03. The zero-order valence-corrected chi connectivity index (χ0v) is 14.5. The molecule has 1 aromatic carbocycles. The molecule has 3 rings (SSSR count).